The van der Waals surface area contributed by atoms with Crippen LogP contribution in [0.5, 0.6) is 0 Å². The van der Waals surface area contributed by atoms with Gasteiger partial charge in [0.05, 0.1) is 0 Å². The summed E-state index contributed by atoms with van der Waals surface area (Å²) in [6.45, 7) is 2.35. The van der Waals surface area contributed by atoms with Crippen molar-refractivity contribution in [2.24, 2.45) is 58.7 Å². The molecule has 0 aromatic carbocycles. The maximum absolute atomic E-state index is 11.9. The van der Waals surface area contributed by atoms with E-state index in [4.69, 9.17) is 0 Å². The molecule has 6 aliphatic rings. The maximum Gasteiger partial charge on any atom is 0.155 e. The lowest BCUT2D eigenvalue weighted by atomic mass is 9.49. The fraction of sp³-hybridized carbons (Fsp3) is 0.818. The average Bonchev–Trinajstić information content (AvgIpc) is 3.50. The van der Waals surface area contributed by atoms with Crippen LogP contribution >= 0.6 is 0 Å². The number of aldehydes is 1. The second-order valence-electron chi connectivity index (χ2n) is 9.88. The monoisotopic (exact) mass is 324 g/mol. The van der Waals surface area contributed by atoms with Crippen molar-refractivity contribution >= 4 is 12.1 Å². The summed E-state index contributed by atoms with van der Waals surface area (Å²) in [6, 6.07) is 0. The van der Waals surface area contributed by atoms with Crippen LogP contribution in [-0.2, 0) is 9.59 Å². The van der Waals surface area contributed by atoms with Crippen molar-refractivity contribution in [1.82, 2.24) is 0 Å². The van der Waals surface area contributed by atoms with Gasteiger partial charge in [-0.1, -0.05) is 12.5 Å². The maximum atomic E-state index is 11.9. The molecular weight excluding hydrogens is 296 g/mol. The van der Waals surface area contributed by atoms with E-state index in [1.54, 1.807) is 5.57 Å². The molecule has 5 fully saturated rings. The highest BCUT2D eigenvalue weighted by Gasteiger charge is 2.73. The third-order valence-electron chi connectivity index (χ3n) is 9.54. The van der Waals surface area contributed by atoms with Gasteiger partial charge in [-0.25, -0.2) is 0 Å². The van der Waals surface area contributed by atoms with Crippen LogP contribution in [0.25, 0.3) is 0 Å². The Hall–Kier alpha value is -0.920. The molecule has 10 atom stereocenters. The summed E-state index contributed by atoms with van der Waals surface area (Å²) in [4.78, 5) is 23.9. The van der Waals surface area contributed by atoms with Crippen molar-refractivity contribution in [3.8, 4) is 0 Å². The van der Waals surface area contributed by atoms with E-state index in [0.717, 1.165) is 54.3 Å². The Morgan fingerprint density at radius 3 is 2.79 bits per heavy atom. The second kappa shape index (κ2) is 4.43. The molecular formula is C22H28O2. The summed E-state index contributed by atoms with van der Waals surface area (Å²) in [5, 5.41) is 0. The number of carbonyl (C=O) groups is 2. The van der Waals surface area contributed by atoms with Crippen molar-refractivity contribution in [3.05, 3.63) is 11.6 Å². The topological polar surface area (TPSA) is 34.1 Å². The van der Waals surface area contributed by atoms with Crippen molar-refractivity contribution < 1.29 is 9.59 Å². The molecule has 0 saturated heterocycles. The third-order valence-corrected chi connectivity index (χ3v) is 9.54. The summed E-state index contributed by atoms with van der Waals surface area (Å²) < 4.78 is 0. The zero-order valence-corrected chi connectivity index (χ0v) is 14.6. The largest absolute Gasteiger partial charge is 0.303 e. The summed E-state index contributed by atoms with van der Waals surface area (Å²) in [5.41, 5.74) is 1.90. The van der Waals surface area contributed by atoms with Crippen LogP contribution in [0.2, 0.25) is 0 Å². The molecule has 6 rings (SSSR count). The van der Waals surface area contributed by atoms with Crippen molar-refractivity contribution in [2.75, 3.05) is 0 Å². The van der Waals surface area contributed by atoms with E-state index in [9.17, 15) is 9.59 Å². The fourth-order valence-electron chi connectivity index (χ4n) is 8.67. The molecule has 0 aromatic rings. The van der Waals surface area contributed by atoms with Crippen LogP contribution in [0.15, 0.2) is 11.6 Å². The Balaban J connectivity index is 1.42. The Labute approximate surface area is 144 Å². The Kier molecular flexibility index (Phi) is 2.63. The first kappa shape index (κ1) is 14.3. The minimum atomic E-state index is 0.343. The van der Waals surface area contributed by atoms with E-state index in [1.807, 2.05) is 0 Å². The van der Waals surface area contributed by atoms with Crippen LogP contribution in [0.1, 0.15) is 51.9 Å². The smallest absolute Gasteiger partial charge is 0.155 e. The van der Waals surface area contributed by atoms with Crippen LogP contribution in [-0.4, -0.2) is 12.1 Å². The summed E-state index contributed by atoms with van der Waals surface area (Å²) in [5.74, 6) is 7.16. The summed E-state index contributed by atoms with van der Waals surface area (Å²) in [7, 11) is 0. The van der Waals surface area contributed by atoms with Crippen molar-refractivity contribution in [1.29, 1.82) is 0 Å². The zero-order valence-electron chi connectivity index (χ0n) is 14.6. The number of hydrogen-bond donors (Lipinski definition) is 0. The van der Waals surface area contributed by atoms with E-state index in [2.05, 4.69) is 13.0 Å². The van der Waals surface area contributed by atoms with Crippen LogP contribution in [0.3, 0.4) is 0 Å². The lowest BCUT2D eigenvalue weighted by Crippen LogP contribution is -2.50. The molecule has 0 heterocycles. The van der Waals surface area contributed by atoms with Gasteiger partial charge in [-0.05, 0) is 97.4 Å². The molecule has 0 aromatic heterocycles. The van der Waals surface area contributed by atoms with Gasteiger partial charge in [0, 0.05) is 12.3 Å². The van der Waals surface area contributed by atoms with E-state index in [0.29, 0.717) is 23.0 Å². The number of hydrogen-bond acceptors (Lipinski definition) is 2. The second-order valence-corrected chi connectivity index (χ2v) is 9.88. The van der Waals surface area contributed by atoms with Crippen LogP contribution < -0.4 is 0 Å². The van der Waals surface area contributed by atoms with Gasteiger partial charge < -0.3 is 4.79 Å². The van der Waals surface area contributed by atoms with Gasteiger partial charge in [0.2, 0.25) is 0 Å². The van der Waals surface area contributed by atoms with Crippen molar-refractivity contribution in [3.63, 3.8) is 0 Å². The van der Waals surface area contributed by atoms with E-state index >= 15 is 0 Å². The average molecular weight is 324 g/mol. The van der Waals surface area contributed by atoms with Gasteiger partial charge in [-0.15, -0.1) is 0 Å². The van der Waals surface area contributed by atoms with Gasteiger partial charge in [0.15, 0.2) is 5.78 Å². The van der Waals surface area contributed by atoms with E-state index < -0.39 is 0 Å². The third kappa shape index (κ3) is 1.51. The molecule has 0 N–H and O–H groups in total. The minimum absolute atomic E-state index is 0.343. The number of allylic oxidation sites excluding steroid dienone is 1. The number of fused-ring (bicyclic) bond motifs is 10. The number of ketones is 1. The molecule has 24 heavy (non-hydrogen) atoms. The molecule has 5 saturated carbocycles. The van der Waals surface area contributed by atoms with Crippen molar-refractivity contribution in [2.45, 2.75) is 51.9 Å². The van der Waals surface area contributed by atoms with Gasteiger partial charge in [0.1, 0.15) is 6.29 Å². The highest BCUT2D eigenvalue weighted by Crippen LogP contribution is 2.78. The normalized spacial score (nSPS) is 59.3. The quantitative estimate of drug-likeness (QED) is 0.718. The Morgan fingerprint density at radius 2 is 2.00 bits per heavy atom. The summed E-state index contributed by atoms with van der Waals surface area (Å²) in [6.07, 6.45) is 11.8. The molecule has 0 amide bonds. The Bertz CT molecular complexity index is 663. The number of rotatable bonds is 2. The lowest BCUT2D eigenvalue weighted by Gasteiger charge is -2.55. The van der Waals surface area contributed by atoms with Gasteiger partial charge in [0.25, 0.3) is 0 Å². The molecule has 2 heteroatoms. The van der Waals surface area contributed by atoms with Gasteiger partial charge in [-0.2, -0.15) is 0 Å². The molecule has 0 aliphatic heterocycles. The lowest BCUT2D eigenvalue weighted by molar-refractivity contribution is -0.122. The zero-order chi connectivity index (χ0) is 16.2. The number of carbonyl (C=O) groups excluding carboxylic acids is 2. The fourth-order valence-corrected chi connectivity index (χ4v) is 8.67. The van der Waals surface area contributed by atoms with Crippen LogP contribution in [0.4, 0.5) is 0 Å². The molecule has 2 nitrogen and oxygen atoms in total. The highest BCUT2D eigenvalue weighted by atomic mass is 16.1. The first-order chi connectivity index (χ1) is 11.7. The molecule has 0 bridgehead atoms. The molecule has 128 valence electrons. The van der Waals surface area contributed by atoms with E-state index in [1.165, 1.54) is 38.4 Å². The molecule has 0 radical (unpaired) electrons. The van der Waals surface area contributed by atoms with Gasteiger partial charge >= 0.3 is 0 Å². The van der Waals surface area contributed by atoms with Gasteiger partial charge in [-0.3, -0.25) is 4.79 Å². The Morgan fingerprint density at radius 1 is 1.12 bits per heavy atom. The first-order valence-corrected chi connectivity index (χ1v) is 10.4. The van der Waals surface area contributed by atoms with Crippen LogP contribution in [0, 0.1) is 58.7 Å². The SMILES string of the molecule is CC[C@]12CCC3C(C4C[C@@H]4C4=CC(=O)CC[C@@H]43)C1[C@@H]1C[C@@H]1[C@@H]2C=O. The predicted octanol–water partition coefficient (Wildman–Crippen LogP) is 4.05. The predicted molar refractivity (Wildman–Crippen MR) is 91.0 cm³/mol. The standard InChI is InChI=1S/C22H28O2/c1-2-22-6-5-13-12-4-3-11(24)7-14(12)15-8-17(15)20(13)21(22)18-9-16(18)19(22)10-23/h7,10,12-13,15-21H,2-6,8-9H2,1H3/t12-,13?,15-,16+,17?,18-,19+,20?,21?,22-/m1/s1. The first-order valence-electron chi connectivity index (χ1n) is 10.4. The molecule has 4 unspecified atom stereocenters. The highest BCUT2D eigenvalue weighted by molar-refractivity contribution is 5.91. The van der Waals surface area contributed by atoms with E-state index in [-0.39, 0.29) is 0 Å². The molecule has 0 spiro atoms. The molecule has 6 aliphatic carbocycles. The minimum Gasteiger partial charge on any atom is -0.303 e. The summed E-state index contributed by atoms with van der Waals surface area (Å²) >= 11 is 0.